The summed E-state index contributed by atoms with van der Waals surface area (Å²) in [6.07, 6.45) is 1.90. The van der Waals surface area contributed by atoms with Crippen molar-refractivity contribution in [2.24, 2.45) is 5.92 Å². The number of anilines is 3. The monoisotopic (exact) mass is 429 g/mol. The predicted octanol–water partition coefficient (Wildman–Crippen LogP) is 4.94. The van der Waals surface area contributed by atoms with Gasteiger partial charge in [-0.25, -0.2) is 4.98 Å². The van der Waals surface area contributed by atoms with Gasteiger partial charge in [0.25, 0.3) is 0 Å². The van der Waals surface area contributed by atoms with Crippen LogP contribution in [0.3, 0.4) is 0 Å². The first-order valence-corrected chi connectivity index (χ1v) is 10.8. The van der Waals surface area contributed by atoms with Crippen LogP contribution in [-0.4, -0.2) is 26.8 Å². The highest BCUT2D eigenvalue weighted by Gasteiger charge is 2.49. The molecule has 6 rings (SSSR count). The standard InChI is InChI=1S/C22H22F3N5O/c23-22(24,25)16-10-26-21(29-19(16)27-12-3-4-12)28-13-5-6-14-15(9-13)18-8-7-17(14)30(18)20(31)11-1-2-11/h5-6,9-12,17-18H,1-4,7-8H2,(H2,26,27,28,29)/t17-,18+/m1/s1. The quantitative estimate of drug-likeness (QED) is 0.705. The molecule has 162 valence electrons. The molecule has 1 saturated heterocycles. The van der Waals surface area contributed by atoms with E-state index in [2.05, 4.69) is 25.5 Å². The zero-order chi connectivity index (χ0) is 21.3. The van der Waals surface area contributed by atoms with Crippen LogP contribution in [0.25, 0.3) is 0 Å². The number of amides is 1. The number of halogens is 3. The van der Waals surface area contributed by atoms with Crippen LogP contribution in [0.1, 0.15) is 67.3 Å². The first-order chi connectivity index (χ1) is 14.9. The van der Waals surface area contributed by atoms with Crippen molar-refractivity contribution in [3.05, 3.63) is 41.1 Å². The van der Waals surface area contributed by atoms with Gasteiger partial charge in [0.05, 0.1) is 12.1 Å². The Kier molecular flexibility index (Phi) is 4.01. The highest BCUT2D eigenvalue weighted by molar-refractivity contribution is 5.83. The maximum absolute atomic E-state index is 13.3. The summed E-state index contributed by atoms with van der Waals surface area (Å²) in [6, 6.07) is 6.17. The number of rotatable bonds is 5. The number of carbonyl (C=O) groups excluding carboxylic acids is 1. The lowest BCUT2D eigenvalue weighted by Gasteiger charge is -2.22. The van der Waals surface area contributed by atoms with Crippen LogP contribution in [0.5, 0.6) is 0 Å². The van der Waals surface area contributed by atoms with Crippen LogP contribution in [0.4, 0.5) is 30.6 Å². The molecule has 4 aliphatic rings. The molecule has 31 heavy (non-hydrogen) atoms. The number of nitrogens with zero attached hydrogens (tertiary/aromatic N) is 3. The molecular formula is C22H22F3N5O. The van der Waals surface area contributed by atoms with E-state index in [1.807, 2.05) is 18.2 Å². The van der Waals surface area contributed by atoms with Crippen molar-refractivity contribution < 1.29 is 18.0 Å². The summed E-state index contributed by atoms with van der Waals surface area (Å²) >= 11 is 0. The van der Waals surface area contributed by atoms with Crippen molar-refractivity contribution in [1.82, 2.24) is 14.9 Å². The summed E-state index contributed by atoms with van der Waals surface area (Å²) in [5.74, 6) is 0.382. The van der Waals surface area contributed by atoms with Crippen molar-refractivity contribution in [3.63, 3.8) is 0 Å². The fourth-order valence-corrected chi connectivity index (χ4v) is 4.82. The minimum Gasteiger partial charge on any atom is -0.367 e. The number of aromatic nitrogens is 2. The van der Waals surface area contributed by atoms with E-state index in [9.17, 15) is 18.0 Å². The molecule has 1 aromatic carbocycles. The van der Waals surface area contributed by atoms with E-state index in [1.165, 1.54) is 5.56 Å². The van der Waals surface area contributed by atoms with Gasteiger partial charge in [0.1, 0.15) is 11.4 Å². The highest BCUT2D eigenvalue weighted by atomic mass is 19.4. The van der Waals surface area contributed by atoms with Crippen LogP contribution < -0.4 is 10.6 Å². The third-order valence-electron chi connectivity index (χ3n) is 6.64. The molecule has 2 bridgehead atoms. The van der Waals surface area contributed by atoms with E-state index in [-0.39, 0.29) is 41.7 Å². The third-order valence-corrected chi connectivity index (χ3v) is 6.64. The average Bonchev–Trinajstić information content (AvgIpc) is 3.65. The number of alkyl halides is 3. The van der Waals surface area contributed by atoms with Crippen LogP contribution in [0, 0.1) is 5.92 Å². The zero-order valence-corrected chi connectivity index (χ0v) is 16.7. The third kappa shape index (κ3) is 3.30. The molecule has 2 aliphatic heterocycles. The summed E-state index contributed by atoms with van der Waals surface area (Å²) in [5, 5.41) is 5.91. The van der Waals surface area contributed by atoms with Crippen LogP contribution >= 0.6 is 0 Å². The molecule has 2 aromatic rings. The van der Waals surface area contributed by atoms with Gasteiger partial charge in [-0.15, -0.1) is 0 Å². The first-order valence-electron chi connectivity index (χ1n) is 10.8. The lowest BCUT2D eigenvalue weighted by Crippen LogP contribution is -2.29. The van der Waals surface area contributed by atoms with Gasteiger partial charge in [-0.3, -0.25) is 4.79 Å². The highest BCUT2D eigenvalue weighted by Crippen LogP contribution is 2.55. The molecule has 1 amide bonds. The summed E-state index contributed by atoms with van der Waals surface area (Å²) in [4.78, 5) is 22.8. The number of fused-ring (bicyclic) bond motifs is 5. The molecule has 6 nitrogen and oxygen atoms in total. The minimum atomic E-state index is -4.51. The van der Waals surface area contributed by atoms with Gasteiger partial charge >= 0.3 is 6.18 Å². The van der Waals surface area contributed by atoms with Gasteiger partial charge in [-0.05, 0) is 61.8 Å². The molecule has 0 radical (unpaired) electrons. The second-order valence-corrected chi connectivity index (χ2v) is 8.97. The molecule has 3 fully saturated rings. The maximum atomic E-state index is 13.3. The normalized spacial score (nSPS) is 24.3. The zero-order valence-electron chi connectivity index (χ0n) is 16.7. The maximum Gasteiger partial charge on any atom is 0.421 e. The lowest BCUT2D eigenvalue weighted by molar-refractivity contribution is -0.137. The smallest absolute Gasteiger partial charge is 0.367 e. The summed E-state index contributed by atoms with van der Waals surface area (Å²) in [7, 11) is 0. The van der Waals surface area contributed by atoms with Gasteiger partial charge in [0.15, 0.2) is 0 Å². The number of hydrogen-bond donors (Lipinski definition) is 2. The summed E-state index contributed by atoms with van der Waals surface area (Å²) in [5.41, 5.74) is 2.16. The number of hydrogen-bond acceptors (Lipinski definition) is 5. The molecule has 3 heterocycles. The Morgan fingerprint density at radius 3 is 2.45 bits per heavy atom. The van der Waals surface area contributed by atoms with E-state index in [1.54, 1.807) is 0 Å². The molecule has 9 heteroatoms. The Bertz CT molecular complexity index is 1060. The number of nitrogens with one attached hydrogen (secondary N) is 2. The second-order valence-electron chi connectivity index (χ2n) is 8.97. The van der Waals surface area contributed by atoms with Crippen molar-refractivity contribution in [2.45, 2.75) is 62.8 Å². The topological polar surface area (TPSA) is 70.2 Å². The van der Waals surface area contributed by atoms with E-state index in [0.29, 0.717) is 5.69 Å². The van der Waals surface area contributed by atoms with Gasteiger partial charge in [-0.1, -0.05) is 6.07 Å². The Hall–Kier alpha value is -2.84. The lowest BCUT2D eigenvalue weighted by atomic mass is 9.91. The fourth-order valence-electron chi connectivity index (χ4n) is 4.82. The van der Waals surface area contributed by atoms with Crippen LogP contribution in [-0.2, 0) is 11.0 Å². The van der Waals surface area contributed by atoms with E-state index in [0.717, 1.165) is 50.3 Å². The molecule has 2 atom stereocenters. The van der Waals surface area contributed by atoms with Crippen molar-refractivity contribution >= 4 is 23.4 Å². The van der Waals surface area contributed by atoms with E-state index in [4.69, 9.17) is 0 Å². The molecule has 2 aliphatic carbocycles. The largest absolute Gasteiger partial charge is 0.421 e. The van der Waals surface area contributed by atoms with Crippen molar-refractivity contribution in [2.75, 3.05) is 10.6 Å². The van der Waals surface area contributed by atoms with Gasteiger partial charge < -0.3 is 15.5 Å². The Balaban J connectivity index is 1.26. The number of benzene rings is 1. The number of carbonyl (C=O) groups is 1. The fraction of sp³-hybridized carbons (Fsp3) is 0.500. The molecule has 2 saturated carbocycles. The van der Waals surface area contributed by atoms with Gasteiger partial charge in [-0.2, -0.15) is 18.2 Å². The molecule has 1 aromatic heterocycles. The minimum absolute atomic E-state index is 0.0365. The van der Waals surface area contributed by atoms with Crippen LogP contribution in [0.2, 0.25) is 0 Å². The summed E-state index contributed by atoms with van der Waals surface area (Å²) < 4.78 is 39.9. The van der Waals surface area contributed by atoms with Crippen molar-refractivity contribution in [3.8, 4) is 0 Å². The molecule has 2 N–H and O–H groups in total. The van der Waals surface area contributed by atoms with E-state index < -0.39 is 11.7 Å². The SMILES string of the molecule is O=C(C1CC1)N1[C@@H]2CC[C@H]1c1cc(Nc3ncc(C(F)(F)F)c(NC4CC4)n3)ccc12. The Labute approximate surface area is 177 Å². The Morgan fingerprint density at radius 2 is 1.77 bits per heavy atom. The van der Waals surface area contributed by atoms with Crippen LogP contribution in [0.15, 0.2) is 24.4 Å². The van der Waals surface area contributed by atoms with Crippen molar-refractivity contribution in [1.29, 1.82) is 0 Å². The average molecular weight is 429 g/mol. The van der Waals surface area contributed by atoms with Gasteiger partial charge in [0, 0.05) is 23.8 Å². The molecule has 0 unspecified atom stereocenters. The summed E-state index contributed by atoms with van der Waals surface area (Å²) in [6.45, 7) is 0. The van der Waals surface area contributed by atoms with Gasteiger partial charge in [0.2, 0.25) is 11.9 Å². The predicted molar refractivity (Wildman–Crippen MR) is 108 cm³/mol. The second kappa shape index (κ2) is 6.58. The van der Waals surface area contributed by atoms with E-state index >= 15 is 0 Å². The molecular weight excluding hydrogens is 407 g/mol. The Morgan fingerprint density at radius 1 is 1.03 bits per heavy atom. The molecule has 0 spiro atoms. The first kappa shape index (κ1) is 18.9.